The van der Waals surface area contributed by atoms with Gasteiger partial charge in [-0.3, -0.25) is 0 Å². The summed E-state index contributed by atoms with van der Waals surface area (Å²) in [5.74, 6) is 0. The first kappa shape index (κ1) is 11.0. The highest BCUT2D eigenvalue weighted by Gasteiger charge is 2.11. The fraction of sp³-hybridized carbons (Fsp3) is 0.455. The van der Waals surface area contributed by atoms with E-state index in [4.69, 9.17) is 0 Å². The van der Waals surface area contributed by atoms with E-state index in [0.717, 1.165) is 0 Å². The zero-order chi connectivity index (χ0) is 9.90. The first-order valence-corrected chi connectivity index (χ1v) is 6.38. The first-order valence-electron chi connectivity index (χ1n) is 4.34. The normalized spacial score (nSPS) is 11.7. The van der Waals surface area contributed by atoms with Crippen molar-refractivity contribution in [1.82, 2.24) is 0 Å². The van der Waals surface area contributed by atoms with Gasteiger partial charge in [-0.05, 0) is 30.5 Å². The highest BCUT2D eigenvalue weighted by Crippen LogP contribution is 2.32. The van der Waals surface area contributed by atoms with Gasteiger partial charge in [0.2, 0.25) is 0 Å². The van der Waals surface area contributed by atoms with Crippen molar-refractivity contribution < 1.29 is 0 Å². The smallest absolute Gasteiger partial charge is 0.0122 e. The summed E-state index contributed by atoms with van der Waals surface area (Å²) < 4.78 is 0.306. The predicted molar refractivity (Wildman–Crippen MR) is 63.8 cm³/mol. The van der Waals surface area contributed by atoms with E-state index < -0.39 is 0 Å². The average Bonchev–Trinajstić information content (AvgIpc) is 2.03. The Balaban J connectivity index is 2.70. The molecule has 0 aromatic heterocycles. The lowest BCUT2D eigenvalue weighted by Crippen LogP contribution is -2.06. The molecule has 0 aliphatic heterocycles. The van der Waals surface area contributed by atoms with Crippen LogP contribution in [0.5, 0.6) is 0 Å². The van der Waals surface area contributed by atoms with Crippen LogP contribution in [0.2, 0.25) is 0 Å². The molecule has 0 heterocycles. The van der Waals surface area contributed by atoms with Crippen molar-refractivity contribution in [2.45, 2.75) is 35.3 Å². The number of benzene rings is 1. The van der Waals surface area contributed by atoms with E-state index in [1.165, 1.54) is 9.79 Å². The van der Waals surface area contributed by atoms with Crippen molar-refractivity contribution in [3.05, 3.63) is 24.3 Å². The Hall–Kier alpha value is -0.0800. The second kappa shape index (κ2) is 4.43. The number of rotatable bonds is 2. The molecule has 0 atom stereocenters. The maximum atomic E-state index is 2.24. The van der Waals surface area contributed by atoms with Gasteiger partial charge in [-0.15, -0.1) is 23.5 Å². The molecule has 1 aromatic carbocycles. The third kappa shape index (κ3) is 4.10. The fourth-order valence-corrected chi connectivity index (χ4v) is 2.38. The molecule has 0 spiro atoms. The molecule has 0 saturated carbocycles. The van der Waals surface area contributed by atoms with Crippen LogP contribution in [-0.2, 0) is 0 Å². The summed E-state index contributed by atoms with van der Waals surface area (Å²) in [4.78, 5) is 2.68. The van der Waals surface area contributed by atoms with E-state index in [1.807, 2.05) is 11.8 Å². The van der Waals surface area contributed by atoms with Gasteiger partial charge in [0, 0.05) is 14.5 Å². The minimum atomic E-state index is 0.306. The first-order chi connectivity index (χ1) is 6.01. The minimum Gasteiger partial charge on any atom is -0.130 e. The van der Waals surface area contributed by atoms with Crippen molar-refractivity contribution in [1.29, 1.82) is 0 Å². The summed E-state index contributed by atoms with van der Waals surface area (Å²) in [5.41, 5.74) is 0. The lowest BCUT2D eigenvalue weighted by Gasteiger charge is -2.17. The van der Waals surface area contributed by atoms with Gasteiger partial charge in [0.1, 0.15) is 0 Å². The molecule has 2 heteroatoms. The zero-order valence-electron chi connectivity index (χ0n) is 8.63. The van der Waals surface area contributed by atoms with Crippen LogP contribution in [-0.4, -0.2) is 11.0 Å². The third-order valence-corrected chi connectivity index (χ3v) is 3.35. The van der Waals surface area contributed by atoms with Crippen LogP contribution in [0.25, 0.3) is 0 Å². The summed E-state index contributed by atoms with van der Waals surface area (Å²) in [6.07, 6.45) is 2.10. The van der Waals surface area contributed by atoms with Gasteiger partial charge in [0.15, 0.2) is 0 Å². The molecule has 1 aromatic rings. The Morgan fingerprint density at radius 3 is 1.77 bits per heavy atom. The van der Waals surface area contributed by atoms with E-state index in [9.17, 15) is 0 Å². The summed E-state index contributed by atoms with van der Waals surface area (Å²) in [7, 11) is 0. The van der Waals surface area contributed by atoms with Crippen LogP contribution < -0.4 is 0 Å². The van der Waals surface area contributed by atoms with Crippen molar-refractivity contribution in [3.63, 3.8) is 0 Å². The molecule has 0 radical (unpaired) electrons. The summed E-state index contributed by atoms with van der Waals surface area (Å²) >= 11 is 3.70. The molecule has 0 fully saturated rings. The second-order valence-corrected chi connectivity index (χ2v) is 6.67. The van der Waals surface area contributed by atoms with E-state index in [-0.39, 0.29) is 0 Å². The van der Waals surface area contributed by atoms with Crippen molar-refractivity contribution in [2.75, 3.05) is 6.26 Å². The van der Waals surface area contributed by atoms with E-state index >= 15 is 0 Å². The Morgan fingerprint density at radius 2 is 1.38 bits per heavy atom. The number of hydrogen-bond donors (Lipinski definition) is 0. The van der Waals surface area contributed by atoms with Crippen molar-refractivity contribution >= 4 is 23.5 Å². The van der Waals surface area contributed by atoms with Crippen molar-refractivity contribution in [3.8, 4) is 0 Å². The van der Waals surface area contributed by atoms with Crippen LogP contribution in [0.15, 0.2) is 34.1 Å². The lowest BCUT2D eigenvalue weighted by molar-refractivity contribution is 0.803. The minimum absolute atomic E-state index is 0.306. The highest BCUT2D eigenvalue weighted by molar-refractivity contribution is 8.00. The topological polar surface area (TPSA) is 0 Å². The Morgan fingerprint density at radius 1 is 0.923 bits per heavy atom. The predicted octanol–water partition coefficient (Wildman–Crippen LogP) is 4.30. The van der Waals surface area contributed by atoms with Gasteiger partial charge in [-0.1, -0.05) is 20.8 Å². The van der Waals surface area contributed by atoms with Gasteiger partial charge in [-0.2, -0.15) is 0 Å². The summed E-state index contributed by atoms with van der Waals surface area (Å²) in [6, 6.07) is 8.75. The molecule has 0 nitrogen and oxygen atoms in total. The Bertz CT molecular complexity index is 256. The molecule has 0 bridgehead atoms. The highest BCUT2D eigenvalue weighted by atomic mass is 32.2. The summed E-state index contributed by atoms with van der Waals surface area (Å²) in [5, 5.41) is 0. The van der Waals surface area contributed by atoms with Crippen LogP contribution in [0, 0.1) is 0 Å². The van der Waals surface area contributed by atoms with Gasteiger partial charge >= 0.3 is 0 Å². The fourth-order valence-electron chi connectivity index (χ4n) is 0.997. The molecule has 0 saturated heterocycles. The molecule has 0 unspecified atom stereocenters. The molecule has 0 aliphatic rings. The molecule has 0 aliphatic carbocycles. The standard InChI is InChI=1S/C11H16S2/c1-11(2,3)13-10-7-5-9(12-4)6-8-10/h5-8H,1-4H3. The van der Waals surface area contributed by atoms with Crippen LogP contribution in [0.4, 0.5) is 0 Å². The quantitative estimate of drug-likeness (QED) is 0.670. The molecule has 0 N–H and O–H groups in total. The average molecular weight is 212 g/mol. The van der Waals surface area contributed by atoms with E-state index in [2.05, 4.69) is 51.3 Å². The summed E-state index contributed by atoms with van der Waals surface area (Å²) in [6.45, 7) is 6.71. The maximum absolute atomic E-state index is 2.24. The Kier molecular flexibility index (Phi) is 3.74. The van der Waals surface area contributed by atoms with Crippen molar-refractivity contribution in [2.24, 2.45) is 0 Å². The van der Waals surface area contributed by atoms with Crippen LogP contribution >= 0.6 is 23.5 Å². The second-order valence-electron chi connectivity index (χ2n) is 3.89. The van der Waals surface area contributed by atoms with E-state index in [1.54, 1.807) is 11.8 Å². The monoisotopic (exact) mass is 212 g/mol. The van der Waals surface area contributed by atoms with Crippen LogP contribution in [0.3, 0.4) is 0 Å². The molecule has 0 amide bonds. The molecule has 13 heavy (non-hydrogen) atoms. The Labute approximate surface area is 89.5 Å². The lowest BCUT2D eigenvalue weighted by atomic mass is 10.3. The third-order valence-electron chi connectivity index (χ3n) is 1.48. The largest absolute Gasteiger partial charge is 0.130 e. The zero-order valence-corrected chi connectivity index (χ0v) is 10.3. The molecule has 1 rings (SSSR count). The van der Waals surface area contributed by atoms with Gasteiger partial charge < -0.3 is 0 Å². The molecule has 72 valence electrons. The van der Waals surface area contributed by atoms with Gasteiger partial charge in [0.05, 0.1) is 0 Å². The number of thioether (sulfide) groups is 2. The maximum Gasteiger partial charge on any atom is 0.0122 e. The number of hydrogen-bond acceptors (Lipinski definition) is 2. The molecular formula is C11H16S2. The van der Waals surface area contributed by atoms with Crippen LogP contribution in [0.1, 0.15) is 20.8 Å². The SMILES string of the molecule is CSc1ccc(SC(C)(C)C)cc1. The van der Waals surface area contributed by atoms with E-state index in [0.29, 0.717) is 4.75 Å². The van der Waals surface area contributed by atoms with Gasteiger partial charge in [0.25, 0.3) is 0 Å². The molecular weight excluding hydrogens is 196 g/mol. The van der Waals surface area contributed by atoms with Gasteiger partial charge in [-0.25, -0.2) is 0 Å².